The van der Waals surface area contributed by atoms with Gasteiger partial charge in [-0.3, -0.25) is 4.79 Å². The summed E-state index contributed by atoms with van der Waals surface area (Å²) in [6.45, 7) is 1.58. The minimum absolute atomic E-state index is 0.145. The molecule has 2 rings (SSSR count). The first-order chi connectivity index (χ1) is 9.25. The first-order valence-corrected chi connectivity index (χ1v) is 7.15. The highest BCUT2D eigenvalue weighted by Crippen LogP contribution is 2.17. The molecule has 4 nitrogen and oxygen atoms in total. The number of carbonyl (C=O) groups excluding carboxylic acids is 1. The van der Waals surface area contributed by atoms with Crippen LogP contribution in [0.15, 0.2) is 18.3 Å². The number of rotatable bonds is 6. The number of nitrogens with zero attached hydrogens (tertiary/aromatic N) is 1. The number of nitrogens with one attached hydrogen (secondary N) is 1. The number of hydrogen-bond donors (Lipinski definition) is 1. The molecule has 1 N–H and O–H groups in total. The zero-order chi connectivity index (χ0) is 13.5. The molecule has 1 aliphatic heterocycles. The standard InChI is InChI=1S/C14H19ClN2O2/c15-11-6-7-13(17-10-11)14(18)16-8-2-1-4-12-5-3-9-19-12/h6-7,10,12H,1-5,8-9H2,(H,16,18)/t12-/m0/s1. The first kappa shape index (κ1) is 14.3. The van der Waals surface area contributed by atoms with E-state index in [1.165, 1.54) is 19.0 Å². The van der Waals surface area contributed by atoms with E-state index < -0.39 is 0 Å². The van der Waals surface area contributed by atoms with Gasteiger partial charge in [0.05, 0.1) is 11.1 Å². The van der Waals surface area contributed by atoms with E-state index in [9.17, 15) is 4.79 Å². The zero-order valence-corrected chi connectivity index (χ0v) is 11.7. The highest BCUT2D eigenvalue weighted by Gasteiger charge is 2.14. The third-order valence-corrected chi connectivity index (χ3v) is 3.45. The van der Waals surface area contributed by atoms with E-state index in [2.05, 4.69) is 10.3 Å². The Balaban J connectivity index is 1.59. The Hall–Kier alpha value is -1.13. The van der Waals surface area contributed by atoms with Crippen molar-refractivity contribution < 1.29 is 9.53 Å². The molecular formula is C14H19ClN2O2. The van der Waals surface area contributed by atoms with Crippen LogP contribution in [0.3, 0.4) is 0 Å². The molecule has 1 amide bonds. The normalized spacial score (nSPS) is 18.5. The van der Waals surface area contributed by atoms with E-state index in [1.54, 1.807) is 12.1 Å². The van der Waals surface area contributed by atoms with E-state index in [1.807, 2.05) is 0 Å². The highest BCUT2D eigenvalue weighted by atomic mass is 35.5. The van der Waals surface area contributed by atoms with Gasteiger partial charge in [-0.15, -0.1) is 0 Å². The van der Waals surface area contributed by atoms with E-state index in [0.29, 0.717) is 23.4 Å². The van der Waals surface area contributed by atoms with Crippen LogP contribution in [-0.2, 0) is 4.74 Å². The molecule has 1 saturated heterocycles. The van der Waals surface area contributed by atoms with Crippen molar-refractivity contribution in [3.8, 4) is 0 Å². The van der Waals surface area contributed by atoms with Crippen molar-refractivity contribution in [1.82, 2.24) is 10.3 Å². The Bertz CT molecular complexity index is 402. The summed E-state index contributed by atoms with van der Waals surface area (Å²) in [6, 6.07) is 3.30. The Morgan fingerprint density at radius 2 is 2.37 bits per heavy atom. The summed E-state index contributed by atoms with van der Waals surface area (Å²) in [6.07, 6.45) is 7.43. The van der Waals surface area contributed by atoms with E-state index in [-0.39, 0.29) is 5.91 Å². The van der Waals surface area contributed by atoms with Crippen LogP contribution in [0.1, 0.15) is 42.6 Å². The lowest BCUT2D eigenvalue weighted by Crippen LogP contribution is -2.25. The third kappa shape index (κ3) is 4.80. The van der Waals surface area contributed by atoms with Crippen LogP contribution in [0.25, 0.3) is 0 Å². The number of amides is 1. The van der Waals surface area contributed by atoms with Crippen LogP contribution in [-0.4, -0.2) is 30.1 Å². The molecule has 1 aromatic heterocycles. The van der Waals surface area contributed by atoms with Crippen molar-refractivity contribution in [3.05, 3.63) is 29.0 Å². The van der Waals surface area contributed by atoms with Crippen molar-refractivity contribution in [3.63, 3.8) is 0 Å². The van der Waals surface area contributed by atoms with Gasteiger partial charge in [-0.1, -0.05) is 11.6 Å². The lowest BCUT2D eigenvalue weighted by atomic mass is 10.1. The molecule has 0 aliphatic carbocycles. The minimum atomic E-state index is -0.145. The monoisotopic (exact) mass is 282 g/mol. The maximum Gasteiger partial charge on any atom is 0.269 e. The second kappa shape index (κ2) is 7.46. The maximum atomic E-state index is 11.7. The Morgan fingerprint density at radius 3 is 3.05 bits per heavy atom. The van der Waals surface area contributed by atoms with Gasteiger partial charge < -0.3 is 10.1 Å². The largest absolute Gasteiger partial charge is 0.378 e. The molecule has 0 unspecified atom stereocenters. The summed E-state index contributed by atoms with van der Waals surface area (Å²) in [7, 11) is 0. The molecule has 0 saturated carbocycles. The molecule has 0 radical (unpaired) electrons. The number of unbranched alkanes of at least 4 members (excludes halogenated alkanes) is 1. The van der Waals surface area contributed by atoms with Crippen molar-refractivity contribution >= 4 is 17.5 Å². The number of aromatic nitrogens is 1. The second-order valence-corrected chi connectivity index (χ2v) is 5.18. The fraction of sp³-hybridized carbons (Fsp3) is 0.571. The molecule has 1 atom stereocenters. The molecule has 0 spiro atoms. The quantitative estimate of drug-likeness (QED) is 0.816. The van der Waals surface area contributed by atoms with Crippen LogP contribution >= 0.6 is 11.6 Å². The van der Waals surface area contributed by atoms with Crippen LogP contribution in [0, 0.1) is 0 Å². The molecule has 1 aromatic rings. The maximum absolute atomic E-state index is 11.7. The number of carbonyl (C=O) groups is 1. The minimum Gasteiger partial charge on any atom is -0.378 e. The second-order valence-electron chi connectivity index (χ2n) is 4.75. The van der Waals surface area contributed by atoms with Crippen LogP contribution in [0.4, 0.5) is 0 Å². The predicted molar refractivity (Wildman–Crippen MR) is 74.4 cm³/mol. The summed E-state index contributed by atoms with van der Waals surface area (Å²) in [5.74, 6) is -0.145. The summed E-state index contributed by atoms with van der Waals surface area (Å²) in [5.41, 5.74) is 0.406. The summed E-state index contributed by atoms with van der Waals surface area (Å²) < 4.78 is 5.55. The van der Waals surface area contributed by atoms with Crippen LogP contribution < -0.4 is 5.32 Å². The smallest absolute Gasteiger partial charge is 0.269 e. The van der Waals surface area contributed by atoms with Gasteiger partial charge in [0.2, 0.25) is 0 Å². The molecule has 104 valence electrons. The predicted octanol–water partition coefficient (Wildman–Crippen LogP) is 2.81. The molecule has 0 bridgehead atoms. The lowest BCUT2D eigenvalue weighted by Gasteiger charge is -2.09. The third-order valence-electron chi connectivity index (χ3n) is 3.22. The van der Waals surface area contributed by atoms with Crippen molar-refractivity contribution in [2.45, 2.75) is 38.2 Å². The van der Waals surface area contributed by atoms with Gasteiger partial charge in [0.25, 0.3) is 5.91 Å². The summed E-state index contributed by atoms with van der Waals surface area (Å²) in [5, 5.41) is 3.39. The van der Waals surface area contributed by atoms with Gasteiger partial charge in [-0.25, -0.2) is 4.98 Å². The van der Waals surface area contributed by atoms with Crippen molar-refractivity contribution in [1.29, 1.82) is 0 Å². The number of halogens is 1. The van der Waals surface area contributed by atoms with Gasteiger partial charge in [0.1, 0.15) is 5.69 Å². The number of pyridine rings is 1. The number of hydrogen-bond acceptors (Lipinski definition) is 3. The van der Waals surface area contributed by atoms with Crippen molar-refractivity contribution in [2.75, 3.05) is 13.2 Å². The van der Waals surface area contributed by atoms with E-state index in [0.717, 1.165) is 25.9 Å². The molecule has 1 fully saturated rings. The first-order valence-electron chi connectivity index (χ1n) is 6.77. The van der Waals surface area contributed by atoms with Gasteiger partial charge >= 0.3 is 0 Å². The molecule has 0 aromatic carbocycles. The van der Waals surface area contributed by atoms with Crippen molar-refractivity contribution in [2.24, 2.45) is 0 Å². The van der Waals surface area contributed by atoms with Crippen LogP contribution in [0.2, 0.25) is 5.02 Å². The molecular weight excluding hydrogens is 264 g/mol. The number of ether oxygens (including phenoxy) is 1. The summed E-state index contributed by atoms with van der Waals surface area (Å²) in [4.78, 5) is 15.7. The molecule has 5 heteroatoms. The van der Waals surface area contributed by atoms with Gasteiger partial charge in [0.15, 0.2) is 0 Å². The van der Waals surface area contributed by atoms with E-state index in [4.69, 9.17) is 16.3 Å². The Kier molecular flexibility index (Phi) is 5.61. The zero-order valence-electron chi connectivity index (χ0n) is 10.9. The molecule has 19 heavy (non-hydrogen) atoms. The Morgan fingerprint density at radius 1 is 1.47 bits per heavy atom. The summed E-state index contributed by atoms with van der Waals surface area (Å²) >= 11 is 5.72. The molecule has 1 aliphatic rings. The topological polar surface area (TPSA) is 51.2 Å². The lowest BCUT2D eigenvalue weighted by molar-refractivity contribution is 0.0942. The van der Waals surface area contributed by atoms with Gasteiger partial charge in [-0.2, -0.15) is 0 Å². The van der Waals surface area contributed by atoms with Gasteiger partial charge in [0, 0.05) is 19.3 Å². The highest BCUT2D eigenvalue weighted by molar-refractivity contribution is 6.30. The van der Waals surface area contributed by atoms with E-state index >= 15 is 0 Å². The fourth-order valence-corrected chi connectivity index (χ4v) is 2.28. The average molecular weight is 283 g/mol. The Labute approximate surface area is 118 Å². The van der Waals surface area contributed by atoms with Gasteiger partial charge in [-0.05, 0) is 44.2 Å². The average Bonchev–Trinajstić information content (AvgIpc) is 2.92. The van der Waals surface area contributed by atoms with Crippen LogP contribution in [0.5, 0.6) is 0 Å². The SMILES string of the molecule is O=C(NCCCC[C@H]1CCCO1)c1ccc(Cl)cn1. The fourth-order valence-electron chi connectivity index (χ4n) is 2.17. The molecule has 2 heterocycles.